The van der Waals surface area contributed by atoms with Gasteiger partial charge in [-0.15, -0.1) is 11.3 Å². The van der Waals surface area contributed by atoms with E-state index in [4.69, 9.17) is 9.84 Å². The van der Waals surface area contributed by atoms with Crippen LogP contribution in [0.25, 0.3) is 10.1 Å². The summed E-state index contributed by atoms with van der Waals surface area (Å²) < 4.78 is 18.9. The van der Waals surface area contributed by atoms with Crippen molar-refractivity contribution in [1.29, 1.82) is 0 Å². The highest BCUT2D eigenvalue weighted by Crippen LogP contribution is 2.33. The lowest BCUT2D eigenvalue weighted by atomic mass is 10.1. The lowest BCUT2D eigenvalue weighted by molar-refractivity contribution is 0.281. The quantitative estimate of drug-likeness (QED) is 0.829. The summed E-state index contributed by atoms with van der Waals surface area (Å²) in [5.41, 5.74) is 0.729. The predicted molar refractivity (Wildman–Crippen MR) is 54.3 cm³/mol. The Morgan fingerprint density at radius 2 is 2.21 bits per heavy atom. The van der Waals surface area contributed by atoms with E-state index in [0.717, 1.165) is 27.0 Å². The fraction of sp³-hybridized carbons (Fsp3) is 0.200. The smallest absolute Gasteiger partial charge is 0.177 e. The van der Waals surface area contributed by atoms with Crippen molar-refractivity contribution in [1.82, 2.24) is 0 Å². The first-order valence-electron chi connectivity index (χ1n) is 4.11. The molecule has 2 aromatic rings. The van der Waals surface area contributed by atoms with Gasteiger partial charge in [-0.3, -0.25) is 0 Å². The summed E-state index contributed by atoms with van der Waals surface area (Å²) in [6, 6.07) is 4.93. The third-order valence-electron chi connectivity index (χ3n) is 2.01. The zero-order chi connectivity index (χ0) is 10.1. The Morgan fingerprint density at radius 3 is 2.86 bits per heavy atom. The molecule has 0 spiro atoms. The van der Waals surface area contributed by atoms with E-state index >= 15 is 0 Å². The Hall–Kier alpha value is -1.13. The van der Waals surface area contributed by atoms with Crippen LogP contribution in [0.1, 0.15) is 5.56 Å². The Kier molecular flexibility index (Phi) is 2.39. The van der Waals surface area contributed by atoms with Gasteiger partial charge in [-0.1, -0.05) is 0 Å². The van der Waals surface area contributed by atoms with E-state index < -0.39 is 0 Å². The summed E-state index contributed by atoms with van der Waals surface area (Å²) in [6.07, 6.45) is 0. The molecule has 1 N–H and O–H groups in total. The Bertz CT molecular complexity index is 464. The van der Waals surface area contributed by atoms with Crippen LogP contribution in [0.15, 0.2) is 18.2 Å². The van der Waals surface area contributed by atoms with Gasteiger partial charge in [0.25, 0.3) is 0 Å². The van der Waals surface area contributed by atoms with Crippen molar-refractivity contribution >= 4 is 21.4 Å². The molecular formula is C10H9FO2S. The number of fused-ring (bicyclic) bond motifs is 1. The molecule has 0 aliphatic carbocycles. The van der Waals surface area contributed by atoms with Gasteiger partial charge in [-0.2, -0.15) is 4.39 Å². The van der Waals surface area contributed by atoms with Crippen LogP contribution in [-0.2, 0) is 6.61 Å². The number of ether oxygens (including phenoxy) is 1. The summed E-state index contributed by atoms with van der Waals surface area (Å²) in [5.74, 6) is 0.612. The molecule has 0 radical (unpaired) electrons. The van der Waals surface area contributed by atoms with Crippen LogP contribution in [0.2, 0.25) is 0 Å². The zero-order valence-electron chi connectivity index (χ0n) is 7.58. The molecule has 0 atom stereocenters. The molecule has 0 saturated heterocycles. The number of aliphatic hydroxyl groups excluding tert-OH is 1. The Morgan fingerprint density at radius 1 is 1.43 bits per heavy atom. The van der Waals surface area contributed by atoms with Crippen LogP contribution >= 0.6 is 11.3 Å². The number of halogens is 1. The average molecular weight is 212 g/mol. The number of hydrogen-bond acceptors (Lipinski definition) is 3. The van der Waals surface area contributed by atoms with E-state index in [1.54, 1.807) is 12.1 Å². The van der Waals surface area contributed by atoms with Gasteiger partial charge in [-0.25, -0.2) is 0 Å². The molecule has 14 heavy (non-hydrogen) atoms. The molecule has 0 fully saturated rings. The number of thiophene rings is 1. The molecule has 1 heterocycles. The highest BCUT2D eigenvalue weighted by molar-refractivity contribution is 7.17. The molecule has 0 aliphatic heterocycles. The average Bonchev–Trinajstić information content (AvgIpc) is 2.56. The fourth-order valence-corrected chi connectivity index (χ4v) is 2.25. The van der Waals surface area contributed by atoms with Crippen molar-refractivity contribution in [2.45, 2.75) is 6.61 Å². The van der Waals surface area contributed by atoms with E-state index in [9.17, 15) is 4.39 Å². The molecule has 74 valence electrons. The third-order valence-corrected chi connectivity index (χ3v) is 2.97. The van der Waals surface area contributed by atoms with Crippen LogP contribution < -0.4 is 4.74 Å². The van der Waals surface area contributed by atoms with Crippen molar-refractivity contribution in [2.24, 2.45) is 0 Å². The summed E-state index contributed by atoms with van der Waals surface area (Å²) in [7, 11) is 1.54. The molecular weight excluding hydrogens is 203 g/mol. The standard InChI is InChI=1S/C10H9FO2S/c1-13-8-3-6(5-12)2-7-4-9(11)14-10(7)8/h2-4,12H,5H2,1H3. The van der Waals surface area contributed by atoms with E-state index in [1.165, 1.54) is 13.2 Å². The Labute approximate surface area is 84.6 Å². The molecule has 0 aliphatic rings. The summed E-state index contributed by atoms with van der Waals surface area (Å²) in [5, 5.41) is 9.51. The minimum atomic E-state index is -0.242. The molecule has 0 saturated carbocycles. The van der Waals surface area contributed by atoms with Gasteiger partial charge in [0.05, 0.1) is 18.4 Å². The van der Waals surface area contributed by atoms with Gasteiger partial charge in [0, 0.05) is 0 Å². The van der Waals surface area contributed by atoms with E-state index in [0.29, 0.717) is 5.75 Å². The molecule has 4 heteroatoms. The van der Waals surface area contributed by atoms with Gasteiger partial charge >= 0.3 is 0 Å². The van der Waals surface area contributed by atoms with Crippen molar-refractivity contribution in [3.63, 3.8) is 0 Å². The maximum atomic E-state index is 13.0. The normalized spacial score (nSPS) is 10.8. The molecule has 2 rings (SSSR count). The monoisotopic (exact) mass is 212 g/mol. The molecule has 0 unspecified atom stereocenters. The second-order valence-corrected chi connectivity index (χ2v) is 3.93. The topological polar surface area (TPSA) is 29.5 Å². The highest BCUT2D eigenvalue weighted by atomic mass is 32.1. The second-order valence-electron chi connectivity index (χ2n) is 2.93. The van der Waals surface area contributed by atoms with Gasteiger partial charge in [0.1, 0.15) is 5.75 Å². The van der Waals surface area contributed by atoms with Crippen LogP contribution in [0.4, 0.5) is 4.39 Å². The first-order valence-corrected chi connectivity index (χ1v) is 4.93. The number of methoxy groups -OCH3 is 1. The third kappa shape index (κ3) is 1.47. The summed E-state index contributed by atoms with van der Waals surface area (Å²) in [6.45, 7) is -0.0657. The second kappa shape index (κ2) is 3.55. The Balaban J connectivity index is 2.72. The lowest BCUT2D eigenvalue weighted by Crippen LogP contribution is -1.87. The molecule has 2 nitrogen and oxygen atoms in total. The number of hydrogen-bond donors (Lipinski definition) is 1. The first kappa shape index (κ1) is 9.43. The van der Waals surface area contributed by atoms with Crippen LogP contribution in [0.3, 0.4) is 0 Å². The lowest BCUT2D eigenvalue weighted by Gasteiger charge is -2.03. The maximum absolute atomic E-state index is 13.0. The number of aliphatic hydroxyl groups is 1. The van der Waals surface area contributed by atoms with Crippen molar-refractivity contribution < 1.29 is 14.2 Å². The zero-order valence-corrected chi connectivity index (χ0v) is 8.40. The highest BCUT2D eigenvalue weighted by Gasteiger charge is 2.08. The van der Waals surface area contributed by atoms with Gasteiger partial charge in [0.15, 0.2) is 5.13 Å². The van der Waals surface area contributed by atoms with E-state index in [2.05, 4.69) is 0 Å². The first-order chi connectivity index (χ1) is 6.74. The summed E-state index contributed by atoms with van der Waals surface area (Å²) in [4.78, 5) is 0. The largest absolute Gasteiger partial charge is 0.495 e. The molecule has 1 aromatic heterocycles. The van der Waals surface area contributed by atoms with Crippen LogP contribution in [-0.4, -0.2) is 12.2 Å². The van der Waals surface area contributed by atoms with E-state index in [-0.39, 0.29) is 11.7 Å². The number of benzene rings is 1. The molecule has 1 aromatic carbocycles. The maximum Gasteiger partial charge on any atom is 0.177 e. The van der Waals surface area contributed by atoms with Crippen LogP contribution in [0, 0.1) is 5.13 Å². The van der Waals surface area contributed by atoms with Gasteiger partial charge in [-0.05, 0) is 29.1 Å². The minimum absolute atomic E-state index is 0.0657. The van der Waals surface area contributed by atoms with Crippen LogP contribution in [0.5, 0.6) is 5.75 Å². The molecule has 0 bridgehead atoms. The fourth-order valence-electron chi connectivity index (χ4n) is 1.39. The molecule has 0 amide bonds. The number of rotatable bonds is 2. The SMILES string of the molecule is COc1cc(CO)cc2cc(F)sc12. The van der Waals surface area contributed by atoms with Gasteiger partial charge < -0.3 is 9.84 Å². The van der Waals surface area contributed by atoms with Gasteiger partial charge in [0.2, 0.25) is 0 Å². The van der Waals surface area contributed by atoms with Crippen molar-refractivity contribution in [3.8, 4) is 5.75 Å². The van der Waals surface area contributed by atoms with Crippen molar-refractivity contribution in [2.75, 3.05) is 7.11 Å². The minimum Gasteiger partial charge on any atom is -0.495 e. The predicted octanol–water partition coefficient (Wildman–Crippen LogP) is 2.54. The van der Waals surface area contributed by atoms with Crippen molar-refractivity contribution in [3.05, 3.63) is 28.9 Å². The van der Waals surface area contributed by atoms with E-state index in [1.807, 2.05) is 0 Å². The summed E-state index contributed by atoms with van der Waals surface area (Å²) >= 11 is 1.05.